The van der Waals surface area contributed by atoms with Crippen molar-refractivity contribution in [3.63, 3.8) is 0 Å². The Kier molecular flexibility index (Phi) is 8.11. The monoisotopic (exact) mass is 330 g/mol. The van der Waals surface area contributed by atoms with Gasteiger partial charge in [-0.25, -0.2) is 0 Å². The molecule has 1 saturated heterocycles. The minimum absolute atomic E-state index is 0. The van der Waals surface area contributed by atoms with Crippen LogP contribution in [0.4, 0.5) is 5.69 Å². The molecule has 6 heteroatoms. The van der Waals surface area contributed by atoms with Crippen molar-refractivity contribution in [2.45, 2.75) is 30.9 Å². The van der Waals surface area contributed by atoms with Crippen molar-refractivity contribution in [1.82, 2.24) is 5.32 Å². The number of ether oxygens (including phenoxy) is 1. The third-order valence-corrected chi connectivity index (χ3v) is 4.18. The van der Waals surface area contributed by atoms with Crippen molar-refractivity contribution < 1.29 is 9.53 Å². The molecule has 1 aliphatic heterocycles. The average Bonchev–Trinajstić information content (AvgIpc) is 2.46. The van der Waals surface area contributed by atoms with E-state index < -0.39 is 0 Å². The van der Waals surface area contributed by atoms with Crippen LogP contribution in [0.15, 0.2) is 24.3 Å². The molecule has 118 valence electrons. The van der Waals surface area contributed by atoms with Crippen LogP contribution in [0.5, 0.6) is 0 Å². The van der Waals surface area contributed by atoms with Crippen LogP contribution in [0.25, 0.3) is 0 Å². The van der Waals surface area contributed by atoms with Crippen molar-refractivity contribution in [3.05, 3.63) is 29.8 Å². The molecule has 0 saturated carbocycles. The second-order valence-electron chi connectivity index (χ2n) is 5.13. The Morgan fingerprint density at radius 3 is 3.00 bits per heavy atom. The predicted octanol–water partition coefficient (Wildman–Crippen LogP) is 2.68. The number of hydrogen-bond donors (Lipinski definition) is 2. The molecule has 0 radical (unpaired) electrons. The second kappa shape index (κ2) is 9.30. The molecule has 1 heterocycles. The van der Waals surface area contributed by atoms with Crippen molar-refractivity contribution in [2.24, 2.45) is 0 Å². The van der Waals surface area contributed by atoms with Gasteiger partial charge >= 0.3 is 0 Å². The predicted molar refractivity (Wildman–Crippen MR) is 91.4 cm³/mol. The van der Waals surface area contributed by atoms with Crippen LogP contribution in [0.3, 0.4) is 0 Å². The van der Waals surface area contributed by atoms with E-state index in [2.05, 4.69) is 30.5 Å². The fraction of sp³-hybridized carbons (Fsp3) is 0.533. The average molecular weight is 331 g/mol. The highest BCUT2D eigenvalue weighted by molar-refractivity contribution is 7.99. The maximum absolute atomic E-state index is 12.1. The lowest BCUT2D eigenvalue weighted by molar-refractivity contribution is -0.120. The number of halogens is 1. The van der Waals surface area contributed by atoms with Crippen LogP contribution < -0.4 is 10.6 Å². The van der Waals surface area contributed by atoms with Crippen molar-refractivity contribution >= 4 is 35.8 Å². The highest BCUT2D eigenvalue weighted by atomic mass is 35.5. The molecule has 1 aliphatic rings. The van der Waals surface area contributed by atoms with E-state index >= 15 is 0 Å². The zero-order chi connectivity index (χ0) is 14.4. The van der Waals surface area contributed by atoms with E-state index in [1.165, 1.54) is 5.56 Å². The van der Waals surface area contributed by atoms with Crippen LogP contribution >= 0.6 is 24.2 Å². The third kappa shape index (κ3) is 6.26. The van der Waals surface area contributed by atoms with Crippen LogP contribution in [0.2, 0.25) is 0 Å². The van der Waals surface area contributed by atoms with Crippen molar-refractivity contribution in [1.29, 1.82) is 0 Å². The highest BCUT2D eigenvalue weighted by Gasteiger charge is 2.21. The van der Waals surface area contributed by atoms with E-state index in [0.717, 1.165) is 18.0 Å². The molecule has 0 bridgehead atoms. The summed E-state index contributed by atoms with van der Waals surface area (Å²) in [5.74, 6) is 0.935. The summed E-state index contributed by atoms with van der Waals surface area (Å²) >= 11 is 1.89. The fourth-order valence-corrected chi connectivity index (χ4v) is 2.67. The van der Waals surface area contributed by atoms with Crippen LogP contribution in [0.1, 0.15) is 19.4 Å². The van der Waals surface area contributed by atoms with Gasteiger partial charge in [-0.3, -0.25) is 4.79 Å². The number of carbonyl (C=O) groups excluding carboxylic acids is 1. The first-order valence-corrected chi connectivity index (χ1v) is 8.02. The Labute approximate surface area is 136 Å². The van der Waals surface area contributed by atoms with E-state index in [0.29, 0.717) is 18.5 Å². The lowest BCUT2D eigenvalue weighted by Gasteiger charge is -2.23. The van der Waals surface area contributed by atoms with Gasteiger partial charge in [-0.1, -0.05) is 26.0 Å². The molecular weight excluding hydrogens is 308 g/mol. The van der Waals surface area contributed by atoms with Crippen molar-refractivity contribution in [3.8, 4) is 0 Å². The topological polar surface area (TPSA) is 50.4 Å². The zero-order valence-electron chi connectivity index (χ0n) is 12.4. The molecule has 2 rings (SSSR count). The maximum atomic E-state index is 12.1. The lowest BCUT2D eigenvalue weighted by atomic mass is 10.2. The number of hydrogen-bond acceptors (Lipinski definition) is 4. The lowest BCUT2D eigenvalue weighted by Crippen LogP contribution is -2.48. The van der Waals surface area contributed by atoms with E-state index in [4.69, 9.17) is 4.74 Å². The fourth-order valence-electron chi connectivity index (χ4n) is 1.96. The molecule has 0 aliphatic carbocycles. The summed E-state index contributed by atoms with van der Waals surface area (Å²) in [6.07, 6.45) is 0. The van der Waals surface area contributed by atoms with Gasteiger partial charge < -0.3 is 15.4 Å². The van der Waals surface area contributed by atoms with Gasteiger partial charge in [0.1, 0.15) is 6.04 Å². The first-order valence-electron chi connectivity index (χ1n) is 6.97. The number of carbonyl (C=O) groups is 1. The Hall–Kier alpha value is -0.750. The Morgan fingerprint density at radius 1 is 1.52 bits per heavy atom. The van der Waals surface area contributed by atoms with Gasteiger partial charge in [-0.05, 0) is 22.9 Å². The van der Waals surface area contributed by atoms with Gasteiger partial charge in [0.05, 0.1) is 13.2 Å². The van der Waals surface area contributed by atoms with Crippen LogP contribution in [-0.4, -0.2) is 37.0 Å². The molecule has 0 spiro atoms. The second-order valence-corrected chi connectivity index (χ2v) is 6.70. The first-order chi connectivity index (χ1) is 9.65. The van der Waals surface area contributed by atoms with Gasteiger partial charge in [-0.2, -0.15) is 11.8 Å². The molecule has 0 aromatic heterocycles. The normalized spacial score (nSPS) is 18.1. The molecule has 1 fully saturated rings. The largest absolute Gasteiger partial charge is 0.378 e. The summed E-state index contributed by atoms with van der Waals surface area (Å²) in [6, 6.07) is 7.78. The van der Waals surface area contributed by atoms with Gasteiger partial charge in [0, 0.05) is 18.0 Å². The van der Waals surface area contributed by atoms with Crippen LogP contribution in [0, 0.1) is 0 Å². The number of anilines is 1. The molecule has 2 N–H and O–H groups in total. The summed E-state index contributed by atoms with van der Waals surface area (Å²) in [4.78, 5) is 12.1. The molecule has 1 amide bonds. The molecule has 1 aromatic carbocycles. The van der Waals surface area contributed by atoms with Gasteiger partial charge in [0.15, 0.2) is 0 Å². The van der Waals surface area contributed by atoms with E-state index in [9.17, 15) is 4.79 Å². The quantitative estimate of drug-likeness (QED) is 0.871. The summed E-state index contributed by atoms with van der Waals surface area (Å²) in [7, 11) is 0. The number of thioether (sulfide) groups is 1. The standard InChI is InChI=1S/C15H22N2O2S.ClH/c1-11(2)20-10-12-4-3-5-13(8-12)17-15(18)14-9-19-7-6-16-14;/h3-5,8,11,14,16H,6-7,9-10H2,1-2H3,(H,17,18);1H. The molecular formula is C15H23ClN2O2S. The smallest absolute Gasteiger partial charge is 0.243 e. The summed E-state index contributed by atoms with van der Waals surface area (Å²) in [5, 5.41) is 6.71. The number of morpholine rings is 1. The minimum atomic E-state index is -0.252. The number of amides is 1. The van der Waals surface area contributed by atoms with Gasteiger partial charge in [0.2, 0.25) is 5.91 Å². The molecule has 1 atom stereocenters. The molecule has 4 nitrogen and oxygen atoms in total. The summed E-state index contributed by atoms with van der Waals surface area (Å²) in [6.45, 7) is 6.21. The van der Waals surface area contributed by atoms with Gasteiger partial charge in [-0.15, -0.1) is 12.4 Å². The number of rotatable bonds is 5. The van der Waals surface area contributed by atoms with E-state index in [1.807, 2.05) is 30.0 Å². The van der Waals surface area contributed by atoms with Gasteiger partial charge in [0.25, 0.3) is 0 Å². The number of nitrogens with one attached hydrogen (secondary N) is 2. The third-order valence-electron chi connectivity index (χ3n) is 3.02. The Balaban J connectivity index is 0.00000220. The summed E-state index contributed by atoms with van der Waals surface area (Å²) in [5.41, 5.74) is 2.08. The van der Waals surface area contributed by atoms with E-state index in [1.54, 1.807) is 0 Å². The van der Waals surface area contributed by atoms with Crippen LogP contribution in [-0.2, 0) is 15.3 Å². The first kappa shape index (κ1) is 18.3. The summed E-state index contributed by atoms with van der Waals surface area (Å²) < 4.78 is 5.30. The Bertz CT molecular complexity index is 451. The Morgan fingerprint density at radius 2 is 2.33 bits per heavy atom. The van der Waals surface area contributed by atoms with Crippen molar-refractivity contribution in [2.75, 3.05) is 25.1 Å². The minimum Gasteiger partial charge on any atom is -0.378 e. The number of benzene rings is 1. The highest BCUT2D eigenvalue weighted by Crippen LogP contribution is 2.19. The molecule has 1 unspecified atom stereocenters. The molecule has 21 heavy (non-hydrogen) atoms. The van der Waals surface area contributed by atoms with E-state index in [-0.39, 0.29) is 24.4 Å². The maximum Gasteiger partial charge on any atom is 0.243 e. The molecule has 1 aromatic rings. The zero-order valence-corrected chi connectivity index (χ0v) is 14.1. The SMILES string of the molecule is CC(C)SCc1cccc(NC(=O)C2COCCN2)c1.Cl.